The van der Waals surface area contributed by atoms with Crippen molar-refractivity contribution in [3.63, 3.8) is 0 Å². The van der Waals surface area contributed by atoms with Crippen molar-refractivity contribution in [2.75, 3.05) is 31.1 Å². The van der Waals surface area contributed by atoms with Crippen LogP contribution in [-0.4, -0.2) is 31.0 Å². The Kier molecular flexibility index (Phi) is 5.42. The summed E-state index contributed by atoms with van der Waals surface area (Å²) < 4.78 is 29.0. The molecule has 0 saturated heterocycles. The number of fused-ring (bicyclic) bond motifs is 2. The van der Waals surface area contributed by atoms with Gasteiger partial charge in [-0.1, -0.05) is 36.4 Å². The van der Waals surface area contributed by atoms with Gasteiger partial charge in [0, 0.05) is 20.3 Å². The molecule has 1 aliphatic rings. The van der Waals surface area contributed by atoms with E-state index in [0.29, 0.717) is 18.0 Å². The van der Waals surface area contributed by atoms with Crippen LogP contribution in [0.4, 0.5) is 5.69 Å². The Morgan fingerprint density at radius 3 is 2.56 bits per heavy atom. The van der Waals surface area contributed by atoms with Crippen molar-refractivity contribution in [3.8, 4) is 0 Å². The van der Waals surface area contributed by atoms with Gasteiger partial charge in [0.1, 0.15) is 0 Å². The molecule has 2 N–H and O–H groups in total. The summed E-state index contributed by atoms with van der Waals surface area (Å²) in [5, 5.41) is 3.58. The second kappa shape index (κ2) is 7.56. The maximum Gasteiger partial charge on any atom is 0.159 e. The van der Waals surface area contributed by atoms with E-state index in [4.69, 9.17) is 9.52 Å². The molecule has 0 bridgehead atoms. The third-order valence-corrected chi connectivity index (χ3v) is 6.56. The normalized spacial score (nSPS) is 22.2. The Morgan fingerprint density at radius 2 is 1.84 bits per heavy atom. The van der Waals surface area contributed by atoms with Crippen molar-refractivity contribution in [1.82, 2.24) is 5.32 Å². The molecule has 2 aromatic carbocycles. The summed E-state index contributed by atoms with van der Waals surface area (Å²) in [4.78, 5) is 0.595. The number of ether oxygens (including phenoxy) is 1. The molecule has 134 valence electrons. The molecule has 2 unspecified atom stereocenters. The van der Waals surface area contributed by atoms with E-state index in [9.17, 15) is 4.21 Å². The lowest BCUT2D eigenvalue weighted by Crippen LogP contribution is -2.29. The molecule has 0 radical (unpaired) electrons. The number of hydrogen-bond acceptors (Lipinski definition) is 4. The quantitative estimate of drug-likeness (QED) is 0.775. The Bertz CT molecular complexity index is 836. The third-order valence-electron chi connectivity index (χ3n) is 4.52. The largest absolute Gasteiger partial charge is 0.385 e. The van der Waals surface area contributed by atoms with Gasteiger partial charge in [-0.15, -0.1) is 0 Å². The van der Waals surface area contributed by atoms with E-state index in [2.05, 4.69) is 11.4 Å². The summed E-state index contributed by atoms with van der Waals surface area (Å²) in [5.41, 5.74) is 2.85. The van der Waals surface area contributed by atoms with Gasteiger partial charge in [0.05, 0.1) is 16.6 Å². The minimum absolute atomic E-state index is 0.0908. The zero-order valence-corrected chi connectivity index (χ0v) is 15.5. The topological polar surface area (TPSA) is 65.4 Å². The number of methoxy groups -OCH3 is 1. The van der Waals surface area contributed by atoms with Crippen LogP contribution in [0.25, 0.3) is 0 Å². The number of benzene rings is 2. The van der Waals surface area contributed by atoms with Crippen LogP contribution in [0, 0.1) is 4.78 Å². The fraction of sp³-hybridized carbons (Fsp3) is 0.368. The van der Waals surface area contributed by atoms with E-state index in [0.717, 1.165) is 29.8 Å². The number of anilines is 1. The number of nitrogens with zero attached hydrogens (tertiary/aromatic N) is 1. The minimum atomic E-state index is -3.08. The van der Waals surface area contributed by atoms with Crippen LogP contribution in [0.3, 0.4) is 0 Å². The predicted molar refractivity (Wildman–Crippen MR) is 101 cm³/mol. The highest BCUT2D eigenvalue weighted by molar-refractivity contribution is 7.93. The molecule has 25 heavy (non-hydrogen) atoms. The first kappa shape index (κ1) is 17.9. The van der Waals surface area contributed by atoms with Crippen molar-refractivity contribution >= 4 is 15.6 Å². The average molecular weight is 359 g/mol. The highest BCUT2D eigenvalue weighted by Crippen LogP contribution is 2.40. The first-order valence-electron chi connectivity index (χ1n) is 8.58. The summed E-state index contributed by atoms with van der Waals surface area (Å²) in [6.45, 7) is 3.94. The molecule has 2 aromatic rings. The SMILES string of the molecule is CCN1c2ccccc2C(NCCCOC)c2ccccc2S1(=N)=O. The molecular formula is C19H25N3O2S. The molecule has 1 heterocycles. The second-order valence-electron chi connectivity index (χ2n) is 6.05. The maximum atomic E-state index is 13.4. The summed E-state index contributed by atoms with van der Waals surface area (Å²) in [6.07, 6.45) is 0.894. The number of nitrogens with one attached hydrogen (secondary N) is 2. The standard InChI is InChI=1S/C19H25N3O2S/c1-3-22-17-11-6-4-9-15(17)19(21-13-8-14-24-2)16-10-5-7-12-18(16)25(22,20)23/h4-7,9-12,19-21H,3,8,13-14H2,1-2H3. The van der Waals surface area contributed by atoms with E-state index in [1.54, 1.807) is 11.4 Å². The molecule has 0 aromatic heterocycles. The highest BCUT2D eigenvalue weighted by Gasteiger charge is 2.33. The highest BCUT2D eigenvalue weighted by atomic mass is 32.2. The van der Waals surface area contributed by atoms with E-state index in [1.165, 1.54) is 0 Å². The van der Waals surface area contributed by atoms with Crippen LogP contribution in [0.5, 0.6) is 0 Å². The van der Waals surface area contributed by atoms with Gasteiger partial charge in [0.2, 0.25) is 0 Å². The number of para-hydroxylation sites is 1. The smallest absolute Gasteiger partial charge is 0.159 e. The van der Waals surface area contributed by atoms with Gasteiger partial charge in [-0.05, 0) is 43.1 Å². The van der Waals surface area contributed by atoms with Crippen molar-refractivity contribution in [3.05, 3.63) is 59.7 Å². The minimum Gasteiger partial charge on any atom is -0.385 e. The summed E-state index contributed by atoms with van der Waals surface area (Å²) >= 11 is 0. The molecule has 0 saturated carbocycles. The van der Waals surface area contributed by atoms with Gasteiger partial charge >= 0.3 is 0 Å². The van der Waals surface area contributed by atoms with E-state index >= 15 is 0 Å². The van der Waals surface area contributed by atoms with Crippen molar-refractivity contribution in [2.24, 2.45) is 0 Å². The molecule has 1 aliphatic heterocycles. The van der Waals surface area contributed by atoms with Gasteiger partial charge in [0.15, 0.2) is 9.92 Å². The van der Waals surface area contributed by atoms with Gasteiger partial charge in [-0.25, -0.2) is 8.99 Å². The van der Waals surface area contributed by atoms with Crippen LogP contribution in [-0.2, 0) is 14.7 Å². The van der Waals surface area contributed by atoms with Crippen LogP contribution in [0.2, 0.25) is 0 Å². The average Bonchev–Trinajstić information content (AvgIpc) is 2.70. The van der Waals surface area contributed by atoms with E-state index < -0.39 is 9.92 Å². The summed E-state index contributed by atoms with van der Waals surface area (Å²) in [7, 11) is -1.38. The molecule has 0 spiro atoms. The molecule has 0 fully saturated rings. The Hall–Kier alpha value is -1.89. The van der Waals surface area contributed by atoms with Crippen LogP contribution < -0.4 is 9.62 Å². The van der Waals surface area contributed by atoms with Gasteiger partial charge in [0.25, 0.3) is 0 Å². The van der Waals surface area contributed by atoms with E-state index in [-0.39, 0.29) is 6.04 Å². The van der Waals surface area contributed by atoms with Gasteiger partial charge in [-0.2, -0.15) is 0 Å². The Labute approximate surface area is 150 Å². The fourth-order valence-corrected chi connectivity index (χ4v) is 5.20. The van der Waals surface area contributed by atoms with Crippen molar-refractivity contribution in [1.29, 1.82) is 4.78 Å². The van der Waals surface area contributed by atoms with Gasteiger partial charge in [-0.3, -0.25) is 4.31 Å². The lowest BCUT2D eigenvalue weighted by molar-refractivity contribution is 0.193. The van der Waals surface area contributed by atoms with Crippen molar-refractivity contribution < 1.29 is 8.95 Å². The lowest BCUT2D eigenvalue weighted by Gasteiger charge is -2.25. The van der Waals surface area contributed by atoms with Crippen LogP contribution >= 0.6 is 0 Å². The summed E-state index contributed by atoms with van der Waals surface area (Å²) in [5.74, 6) is 0. The molecule has 0 amide bonds. The zero-order chi connectivity index (χ0) is 17.9. The first-order chi connectivity index (χ1) is 12.1. The van der Waals surface area contributed by atoms with Crippen molar-refractivity contribution in [2.45, 2.75) is 24.3 Å². The maximum absolute atomic E-state index is 13.4. The third kappa shape index (κ3) is 3.29. The number of rotatable bonds is 6. The molecule has 2 atom stereocenters. The molecule has 6 heteroatoms. The lowest BCUT2D eigenvalue weighted by atomic mass is 9.97. The predicted octanol–water partition coefficient (Wildman–Crippen LogP) is 3.56. The molecule has 3 rings (SSSR count). The molecular weight excluding hydrogens is 334 g/mol. The molecule has 0 aliphatic carbocycles. The molecule has 5 nitrogen and oxygen atoms in total. The fourth-order valence-electron chi connectivity index (χ4n) is 3.39. The number of hydrogen-bond donors (Lipinski definition) is 2. The second-order valence-corrected chi connectivity index (χ2v) is 7.98. The van der Waals surface area contributed by atoms with Crippen LogP contribution in [0.15, 0.2) is 53.4 Å². The van der Waals surface area contributed by atoms with Gasteiger partial charge < -0.3 is 10.1 Å². The zero-order valence-electron chi connectivity index (χ0n) is 14.7. The first-order valence-corrected chi connectivity index (χ1v) is 10.1. The Balaban J connectivity index is 2.15. The Morgan fingerprint density at radius 1 is 1.16 bits per heavy atom. The monoisotopic (exact) mass is 359 g/mol. The van der Waals surface area contributed by atoms with Crippen LogP contribution in [0.1, 0.15) is 30.5 Å². The summed E-state index contributed by atoms with van der Waals surface area (Å²) in [6, 6.07) is 15.5. The van der Waals surface area contributed by atoms with E-state index in [1.807, 2.05) is 49.4 Å².